The van der Waals surface area contributed by atoms with Crippen LogP contribution in [0.4, 0.5) is 0 Å². The van der Waals surface area contributed by atoms with Gasteiger partial charge in [0.15, 0.2) is 17.2 Å². The van der Waals surface area contributed by atoms with Gasteiger partial charge < -0.3 is 15.3 Å². The van der Waals surface area contributed by atoms with E-state index in [1.807, 2.05) is 6.92 Å². The number of carbonyl (C=O) groups is 3. The van der Waals surface area contributed by atoms with E-state index in [-0.39, 0.29) is 47.0 Å². The number of allylic oxidation sites excluding steroid dienone is 1. The summed E-state index contributed by atoms with van der Waals surface area (Å²) in [6.07, 6.45) is 8.58. The average Bonchev–Trinajstić information content (AvgIpc) is 3.43. The van der Waals surface area contributed by atoms with Crippen molar-refractivity contribution in [2.75, 3.05) is 6.61 Å². The van der Waals surface area contributed by atoms with Crippen molar-refractivity contribution in [2.24, 2.45) is 28.6 Å². The van der Waals surface area contributed by atoms with Gasteiger partial charge in [0.1, 0.15) is 29.7 Å². The Morgan fingerprint density at radius 1 is 1.17 bits per heavy atom. The highest BCUT2D eigenvalue weighted by Crippen LogP contribution is 2.66. The van der Waals surface area contributed by atoms with Gasteiger partial charge in [0, 0.05) is 24.2 Å². The number of aromatic nitrogens is 4. The Kier molecular flexibility index (Phi) is 5.87. The molecule has 0 bridgehead atoms. The first kappa shape index (κ1) is 24.7. The topological polar surface area (TPSA) is 166 Å². The van der Waals surface area contributed by atoms with E-state index in [1.165, 1.54) is 12.5 Å². The van der Waals surface area contributed by atoms with Crippen molar-refractivity contribution in [2.45, 2.75) is 64.4 Å². The van der Waals surface area contributed by atoms with Crippen molar-refractivity contribution in [3.8, 4) is 5.88 Å². The molecule has 0 saturated heterocycles. The van der Waals surface area contributed by atoms with Crippen LogP contribution in [0.15, 0.2) is 24.2 Å². The van der Waals surface area contributed by atoms with E-state index in [1.54, 1.807) is 6.08 Å². The number of Topliss-reactive ketones (excluding diaryl/α,β-unsaturated/α-hetero) is 2. The first-order chi connectivity index (χ1) is 17.0. The number of rotatable bonds is 2. The zero-order valence-electron chi connectivity index (χ0n) is 20.5. The lowest BCUT2D eigenvalue weighted by molar-refractivity contribution is -0.170. The fourth-order valence-electron chi connectivity index (χ4n) is 7.73. The fraction of sp³-hybridized carbons (Fsp3) is 0.615. The lowest BCUT2D eigenvalue weighted by Crippen LogP contribution is -2.60. The minimum absolute atomic E-state index is 0.0428. The second-order valence-corrected chi connectivity index (χ2v) is 11.2. The number of nitrogens with one attached hydrogen (secondary N) is 1. The van der Waals surface area contributed by atoms with E-state index in [0.29, 0.717) is 36.7 Å². The molecule has 2 aromatic heterocycles. The predicted octanol–water partition coefficient (Wildman–Crippen LogP) is 2.05. The Morgan fingerprint density at radius 2 is 1.94 bits per heavy atom. The summed E-state index contributed by atoms with van der Waals surface area (Å²) in [7, 11) is 0. The van der Waals surface area contributed by atoms with Crippen LogP contribution < -0.4 is 0 Å². The largest absolute Gasteiger partial charge is 0.493 e. The maximum atomic E-state index is 13.3. The summed E-state index contributed by atoms with van der Waals surface area (Å²) in [6, 6.07) is 0. The molecule has 10 heteroatoms. The van der Waals surface area contributed by atoms with Crippen LogP contribution >= 0.6 is 0 Å². The molecule has 10 nitrogen and oxygen atoms in total. The van der Waals surface area contributed by atoms with Crippen LogP contribution in [0.25, 0.3) is 11.0 Å². The molecule has 0 unspecified atom stereocenters. The average molecular weight is 497 g/mol. The smallest absolute Gasteiger partial charge is 0.225 e. The quantitative estimate of drug-likeness (QED) is 0.486. The van der Waals surface area contributed by atoms with Crippen molar-refractivity contribution in [1.82, 2.24) is 20.2 Å². The van der Waals surface area contributed by atoms with Crippen molar-refractivity contribution in [1.29, 1.82) is 0 Å². The Balaban J connectivity index is 0.000000222. The van der Waals surface area contributed by atoms with Crippen molar-refractivity contribution in [3.63, 3.8) is 0 Å². The highest BCUT2D eigenvalue weighted by Gasteiger charge is 2.68. The van der Waals surface area contributed by atoms with Crippen LogP contribution in [0.2, 0.25) is 0 Å². The molecule has 4 aliphatic rings. The van der Waals surface area contributed by atoms with Crippen LogP contribution in [0.3, 0.4) is 0 Å². The number of fused-ring (bicyclic) bond motifs is 6. The SMILES string of the molecule is C[C@]12CCC(=O)C=C1CC[C@@H]1[C@@H]2C(=O)C[C@@]2(C)[C@H]1CC[C@]2(O)C(=O)CO.Oc1ncnc2[nH]ncc12. The summed E-state index contributed by atoms with van der Waals surface area (Å²) in [5.41, 5.74) is -1.00. The molecule has 6 atom stereocenters. The Labute approximate surface area is 208 Å². The Morgan fingerprint density at radius 3 is 2.67 bits per heavy atom. The molecule has 192 valence electrons. The molecule has 6 rings (SSSR count). The van der Waals surface area contributed by atoms with E-state index in [2.05, 4.69) is 27.1 Å². The molecule has 0 spiro atoms. The molecule has 36 heavy (non-hydrogen) atoms. The minimum Gasteiger partial charge on any atom is -0.493 e. The molecule has 4 aliphatic carbocycles. The zero-order chi connectivity index (χ0) is 25.9. The van der Waals surface area contributed by atoms with Crippen LogP contribution in [0, 0.1) is 28.6 Å². The summed E-state index contributed by atoms with van der Waals surface area (Å²) < 4.78 is 0. The fourth-order valence-corrected chi connectivity index (χ4v) is 7.73. The monoisotopic (exact) mass is 496 g/mol. The molecule has 0 aliphatic heterocycles. The molecule has 3 saturated carbocycles. The number of aliphatic hydroxyl groups is 2. The van der Waals surface area contributed by atoms with Gasteiger partial charge in [-0.3, -0.25) is 19.5 Å². The van der Waals surface area contributed by atoms with Crippen LogP contribution in [-0.4, -0.2) is 65.0 Å². The minimum atomic E-state index is -1.60. The van der Waals surface area contributed by atoms with Crippen molar-refractivity contribution < 1.29 is 29.7 Å². The first-order valence-corrected chi connectivity index (χ1v) is 12.5. The molecule has 0 aromatic carbocycles. The van der Waals surface area contributed by atoms with Gasteiger partial charge in [-0.2, -0.15) is 5.10 Å². The number of H-pyrrole nitrogens is 1. The van der Waals surface area contributed by atoms with Crippen molar-refractivity contribution in [3.05, 3.63) is 24.2 Å². The van der Waals surface area contributed by atoms with E-state index < -0.39 is 23.4 Å². The number of aromatic hydroxyl groups is 1. The third-order valence-corrected chi connectivity index (χ3v) is 9.64. The summed E-state index contributed by atoms with van der Waals surface area (Å²) in [5.74, 6) is -0.215. The van der Waals surface area contributed by atoms with Gasteiger partial charge in [0.25, 0.3) is 0 Å². The summed E-state index contributed by atoms with van der Waals surface area (Å²) in [4.78, 5) is 44.9. The van der Waals surface area contributed by atoms with Crippen LogP contribution in [0.5, 0.6) is 5.88 Å². The number of carbonyl (C=O) groups excluding carboxylic acids is 3. The molecule has 0 radical (unpaired) electrons. The molecular formula is C26H32N4O6. The number of ketones is 3. The van der Waals surface area contributed by atoms with Gasteiger partial charge in [-0.1, -0.05) is 19.4 Å². The highest BCUT2D eigenvalue weighted by molar-refractivity contribution is 5.94. The number of aromatic amines is 1. The standard InChI is InChI=1S/C21H28O5.C5H4N4O/c1-19-7-5-13(23)9-12(19)3-4-14-15-6-8-21(26,17(25)11-22)20(15,2)10-16(24)18(14)19;10-5-3-1-8-9-4(3)6-2-7-5/h9,14-15,18,22,26H,3-8,10-11H2,1-2H3;1-2H,(H2,6,7,8,9,10)/t14-,15-,18+,19-,20-,21-;/m0./s1. The predicted molar refractivity (Wildman–Crippen MR) is 127 cm³/mol. The van der Waals surface area contributed by atoms with Crippen LogP contribution in [0.1, 0.15) is 58.8 Å². The third-order valence-electron chi connectivity index (χ3n) is 9.64. The van der Waals surface area contributed by atoms with Gasteiger partial charge in [0.2, 0.25) is 5.88 Å². The lowest BCUT2D eigenvalue weighted by Gasteiger charge is -2.57. The van der Waals surface area contributed by atoms with Crippen LogP contribution in [-0.2, 0) is 14.4 Å². The number of nitrogens with zero attached hydrogens (tertiary/aromatic N) is 3. The number of hydrogen-bond donors (Lipinski definition) is 4. The first-order valence-electron chi connectivity index (χ1n) is 12.5. The van der Waals surface area contributed by atoms with E-state index in [9.17, 15) is 24.6 Å². The molecule has 2 heterocycles. The summed E-state index contributed by atoms with van der Waals surface area (Å²) >= 11 is 0. The second kappa shape index (κ2) is 8.55. The Hall–Kier alpha value is -2.98. The molecule has 2 aromatic rings. The van der Waals surface area contributed by atoms with Crippen molar-refractivity contribution >= 4 is 28.4 Å². The normalized spacial score (nSPS) is 37.3. The van der Waals surface area contributed by atoms with Gasteiger partial charge in [-0.25, -0.2) is 9.97 Å². The molecule has 0 amide bonds. The third kappa shape index (κ3) is 3.45. The van der Waals surface area contributed by atoms with E-state index >= 15 is 0 Å². The second-order valence-electron chi connectivity index (χ2n) is 11.2. The lowest BCUT2D eigenvalue weighted by atomic mass is 9.46. The maximum Gasteiger partial charge on any atom is 0.225 e. The molecule has 3 fully saturated rings. The molecule has 4 N–H and O–H groups in total. The van der Waals surface area contributed by atoms with E-state index in [0.717, 1.165) is 18.4 Å². The van der Waals surface area contributed by atoms with Gasteiger partial charge in [0.05, 0.1) is 6.20 Å². The Bertz CT molecular complexity index is 1270. The number of aliphatic hydroxyl groups excluding tert-OH is 1. The highest BCUT2D eigenvalue weighted by atomic mass is 16.3. The summed E-state index contributed by atoms with van der Waals surface area (Å²) in [5, 5.41) is 36.4. The summed E-state index contributed by atoms with van der Waals surface area (Å²) in [6.45, 7) is 3.31. The maximum absolute atomic E-state index is 13.3. The number of hydrogen-bond acceptors (Lipinski definition) is 9. The molecular weight excluding hydrogens is 464 g/mol. The zero-order valence-corrected chi connectivity index (χ0v) is 20.5. The van der Waals surface area contributed by atoms with Gasteiger partial charge >= 0.3 is 0 Å². The van der Waals surface area contributed by atoms with Gasteiger partial charge in [-0.15, -0.1) is 0 Å². The van der Waals surface area contributed by atoms with E-state index in [4.69, 9.17) is 5.11 Å². The van der Waals surface area contributed by atoms with Gasteiger partial charge in [-0.05, 0) is 55.4 Å².